The van der Waals surface area contributed by atoms with E-state index in [1.54, 1.807) is 42.5 Å². The van der Waals surface area contributed by atoms with Crippen molar-refractivity contribution in [2.75, 3.05) is 10.6 Å². The van der Waals surface area contributed by atoms with Crippen LogP contribution in [0.15, 0.2) is 60.7 Å². The number of urea groups is 1. The number of nitrogens with zero attached hydrogens (tertiary/aromatic N) is 1. The molecule has 4 aromatic rings. The lowest BCUT2D eigenvalue weighted by Crippen LogP contribution is -2.19. The number of hydrogen-bond donors (Lipinski definition) is 3. The Morgan fingerprint density at radius 1 is 1.03 bits per heavy atom. The predicted octanol–water partition coefficient (Wildman–Crippen LogP) is 5.72. The molecule has 0 aliphatic heterocycles. The molecule has 0 radical (unpaired) electrons. The Labute approximate surface area is 174 Å². The zero-order chi connectivity index (χ0) is 21.1. The van der Waals surface area contributed by atoms with Gasteiger partial charge in [0.1, 0.15) is 24.0 Å². The minimum Gasteiger partial charge on any atom is -0.489 e. The molecule has 0 spiro atoms. The second-order valence-corrected chi connectivity index (χ2v) is 6.79. The summed E-state index contributed by atoms with van der Waals surface area (Å²) in [5.74, 6) is -0.726. The van der Waals surface area contributed by atoms with Gasteiger partial charge in [-0.25, -0.2) is 13.6 Å². The Bertz CT molecular complexity index is 1210. The van der Waals surface area contributed by atoms with Crippen molar-refractivity contribution in [2.24, 2.45) is 0 Å². The van der Waals surface area contributed by atoms with Gasteiger partial charge < -0.3 is 10.1 Å². The van der Waals surface area contributed by atoms with Crippen LogP contribution >= 0.6 is 11.6 Å². The lowest BCUT2D eigenvalue weighted by Gasteiger charge is -2.09. The average Bonchev–Trinajstić information content (AvgIpc) is 3.09. The smallest absolute Gasteiger partial charge is 0.324 e. The second-order valence-electron chi connectivity index (χ2n) is 6.36. The van der Waals surface area contributed by atoms with E-state index in [9.17, 15) is 13.6 Å². The van der Waals surface area contributed by atoms with Crippen LogP contribution in [-0.2, 0) is 6.61 Å². The van der Waals surface area contributed by atoms with Gasteiger partial charge in [-0.2, -0.15) is 5.10 Å². The highest BCUT2D eigenvalue weighted by Gasteiger charge is 2.13. The molecule has 0 aliphatic rings. The number of anilines is 2. The highest BCUT2D eigenvalue weighted by molar-refractivity contribution is 6.30. The summed E-state index contributed by atoms with van der Waals surface area (Å²) in [5.41, 5.74) is 1.01. The molecule has 9 heteroatoms. The van der Waals surface area contributed by atoms with Crippen LogP contribution < -0.4 is 15.4 Å². The Hall–Kier alpha value is -3.65. The SMILES string of the molecule is O=C(Nc1cccc(Cl)c1)Nc1n[nH]c2ccc(OCc3c(F)cccc3F)cc12. The van der Waals surface area contributed by atoms with Gasteiger partial charge in [-0.05, 0) is 48.5 Å². The quantitative estimate of drug-likeness (QED) is 0.380. The second kappa shape index (κ2) is 8.38. The zero-order valence-corrected chi connectivity index (χ0v) is 16.1. The molecule has 1 heterocycles. The minimum atomic E-state index is -0.681. The first kappa shape index (κ1) is 19.7. The van der Waals surface area contributed by atoms with Crippen LogP contribution in [0.1, 0.15) is 5.56 Å². The van der Waals surface area contributed by atoms with Gasteiger partial charge in [0.05, 0.1) is 11.1 Å². The first-order chi connectivity index (χ1) is 14.5. The number of H-pyrrole nitrogens is 1. The molecule has 152 valence electrons. The first-order valence-electron chi connectivity index (χ1n) is 8.87. The topological polar surface area (TPSA) is 79.0 Å². The van der Waals surface area contributed by atoms with Crippen LogP contribution in [-0.4, -0.2) is 16.2 Å². The molecule has 0 saturated carbocycles. The molecule has 1 aromatic heterocycles. The average molecular weight is 429 g/mol. The van der Waals surface area contributed by atoms with E-state index in [0.29, 0.717) is 27.4 Å². The van der Waals surface area contributed by atoms with Gasteiger partial charge in [-0.3, -0.25) is 10.4 Å². The van der Waals surface area contributed by atoms with Gasteiger partial charge in [0.15, 0.2) is 5.82 Å². The molecular formula is C21H15ClF2N4O2. The lowest BCUT2D eigenvalue weighted by molar-refractivity contribution is 0.262. The molecule has 0 atom stereocenters. The standard InChI is InChI=1S/C21H15ClF2N4O2/c22-12-3-1-4-13(9-12)25-21(29)26-20-15-10-14(7-8-19(15)27-28-20)30-11-16-17(23)5-2-6-18(16)24/h1-10H,11H2,(H3,25,26,27,28,29). The van der Waals surface area contributed by atoms with Gasteiger partial charge in [-0.1, -0.05) is 23.7 Å². The fourth-order valence-electron chi connectivity index (χ4n) is 2.84. The number of benzene rings is 3. The Balaban J connectivity index is 1.49. The number of aromatic amines is 1. The Morgan fingerprint density at radius 2 is 1.80 bits per heavy atom. The number of rotatable bonds is 5. The van der Waals surface area contributed by atoms with Crippen LogP contribution in [0.25, 0.3) is 10.9 Å². The highest BCUT2D eigenvalue weighted by atomic mass is 35.5. The molecule has 0 aliphatic carbocycles. The lowest BCUT2D eigenvalue weighted by atomic mass is 10.2. The van der Waals surface area contributed by atoms with E-state index in [4.69, 9.17) is 16.3 Å². The number of hydrogen-bond acceptors (Lipinski definition) is 3. The van der Waals surface area contributed by atoms with E-state index in [0.717, 1.165) is 0 Å². The third-order valence-electron chi connectivity index (χ3n) is 4.29. The van der Waals surface area contributed by atoms with Crippen molar-refractivity contribution in [1.82, 2.24) is 10.2 Å². The third kappa shape index (κ3) is 4.33. The van der Waals surface area contributed by atoms with Crippen molar-refractivity contribution >= 4 is 40.0 Å². The summed E-state index contributed by atoms with van der Waals surface area (Å²) in [6.07, 6.45) is 0. The summed E-state index contributed by atoms with van der Waals surface area (Å²) in [5, 5.41) is 13.2. The molecule has 4 rings (SSSR count). The van der Waals surface area contributed by atoms with Crippen LogP contribution in [0.3, 0.4) is 0 Å². The molecular weight excluding hydrogens is 414 g/mol. The highest BCUT2D eigenvalue weighted by Crippen LogP contribution is 2.26. The van der Waals surface area contributed by atoms with E-state index < -0.39 is 17.7 Å². The van der Waals surface area contributed by atoms with Crippen LogP contribution in [0.2, 0.25) is 5.02 Å². The first-order valence-corrected chi connectivity index (χ1v) is 9.25. The van der Waals surface area contributed by atoms with E-state index in [1.165, 1.54) is 18.2 Å². The number of ether oxygens (including phenoxy) is 1. The maximum absolute atomic E-state index is 13.8. The van der Waals surface area contributed by atoms with E-state index in [-0.39, 0.29) is 18.0 Å². The molecule has 30 heavy (non-hydrogen) atoms. The molecule has 3 N–H and O–H groups in total. The van der Waals surface area contributed by atoms with Crippen molar-refractivity contribution in [1.29, 1.82) is 0 Å². The number of aromatic nitrogens is 2. The molecule has 6 nitrogen and oxygen atoms in total. The molecule has 3 aromatic carbocycles. The summed E-state index contributed by atoms with van der Waals surface area (Å²) >= 11 is 5.91. The Morgan fingerprint density at radius 3 is 2.57 bits per heavy atom. The number of nitrogens with one attached hydrogen (secondary N) is 3. The van der Waals surface area contributed by atoms with Gasteiger partial charge in [-0.15, -0.1) is 0 Å². The fraction of sp³-hybridized carbons (Fsp3) is 0.0476. The van der Waals surface area contributed by atoms with Gasteiger partial charge in [0.2, 0.25) is 0 Å². The number of fused-ring (bicyclic) bond motifs is 1. The van der Waals surface area contributed by atoms with Gasteiger partial charge in [0.25, 0.3) is 0 Å². The summed E-state index contributed by atoms with van der Waals surface area (Å²) < 4.78 is 33.1. The fourth-order valence-corrected chi connectivity index (χ4v) is 3.03. The largest absolute Gasteiger partial charge is 0.489 e. The minimum absolute atomic E-state index is 0.163. The summed E-state index contributed by atoms with van der Waals surface area (Å²) in [6.45, 7) is -0.278. The maximum atomic E-state index is 13.8. The summed E-state index contributed by atoms with van der Waals surface area (Å²) in [4.78, 5) is 12.3. The number of halogens is 3. The molecule has 0 fully saturated rings. The van der Waals surface area contributed by atoms with Crippen molar-refractivity contribution in [3.05, 3.63) is 82.9 Å². The van der Waals surface area contributed by atoms with Crippen molar-refractivity contribution < 1.29 is 18.3 Å². The predicted molar refractivity (Wildman–Crippen MR) is 111 cm³/mol. The van der Waals surface area contributed by atoms with Crippen molar-refractivity contribution in [2.45, 2.75) is 6.61 Å². The Kier molecular flexibility index (Phi) is 5.49. The van der Waals surface area contributed by atoms with Crippen molar-refractivity contribution in [3.8, 4) is 5.75 Å². The van der Waals surface area contributed by atoms with Gasteiger partial charge >= 0.3 is 6.03 Å². The van der Waals surface area contributed by atoms with E-state index >= 15 is 0 Å². The maximum Gasteiger partial charge on any atom is 0.324 e. The summed E-state index contributed by atoms with van der Waals surface area (Å²) in [6, 6.07) is 14.8. The monoisotopic (exact) mass is 428 g/mol. The molecule has 0 unspecified atom stereocenters. The van der Waals surface area contributed by atoms with Crippen LogP contribution in [0.4, 0.5) is 25.1 Å². The number of amides is 2. The molecule has 0 bridgehead atoms. The molecule has 2 amide bonds. The van der Waals surface area contributed by atoms with E-state index in [2.05, 4.69) is 20.8 Å². The third-order valence-corrected chi connectivity index (χ3v) is 4.53. The van der Waals surface area contributed by atoms with E-state index in [1.807, 2.05) is 0 Å². The summed E-state index contributed by atoms with van der Waals surface area (Å²) in [7, 11) is 0. The van der Waals surface area contributed by atoms with Gasteiger partial charge in [0, 0.05) is 16.1 Å². The van der Waals surface area contributed by atoms with Crippen molar-refractivity contribution in [3.63, 3.8) is 0 Å². The number of carbonyl (C=O) groups excluding carboxylic acids is 1. The van der Waals surface area contributed by atoms with Crippen LogP contribution in [0, 0.1) is 11.6 Å². The van der Waals surface area contributed by atoms with Crippen LogP contribution in [0.5, 0.6) is 5.75 Å². The normalized spacial score (nSPS) is 10.8. The zero-order valence-electron chi connectivity index (χ0n) is 15.4. The molecule has 0 saturated heterocycles. The number of carbonyl (C=O) groups is 1.